The lowest BCUT2D eigenvalue weighted by molar-refractivity contribution is 0.144. The Morgan fingerprint density at radius 3 is 2.38 bits per heavy atom. The molecular formula is C21H30ClNO3. The first kappa shape index (κ1) is 22.3. The smallest absolute Gasteiger partial charge is 0.161 e. The van der Waals surface area contributed by atoms with Crippen molar-refractivity contribution in [3.63, 3.8) is 0 Å². The van der Waals surface area contributed by atoms with Crippen molar-refractivity contribution < 1.29 is 14.2 Å². The van der Waals surface area contributed by atoms with E-state index in [4.69, 9.17) is 14.2 Å². The van der Waals surface area contributed by atoms with E-state index in [1.807, 2.05) is 19.1 Å². The van der Waals surface area contributed by atoms with Gasteiger partial charge in [-0.1, -0.05) is 35.9 Å². The van der Waals surface area contributed by atoms with Crippen molar-refractivity contribution in [3.05, 3.63) is 59.2 Å². The van der Waals surface area contributed by atoms with E-state index in [0.717, 1.165) is 49.8 Å². The first-order valence-corrected chi connectivity index (χ1v) is 8.86. The van der Waals surface area contributed by atoms with Gasteiger partial charge in [0.1, 0.15) is 6.61 Å². The molecule has 0 aromatic heterocycles. The van der Waals surface area contributed by atoms with Gasteiger partial charge in [0.2, 0.25) is 0 Å². The highest BCUT2D eigenvalue weighted by atomic mass is 35.5. The summed E-state index contributed by atoms with van der Waals surface area (Å²) in [5, 5.41) is 3.42. The van der Waals surface area contributed by atoms with E-state index in [-0.39, 0.29) is 12.4 Å². The molecular weight excluding hydrogens is 350 g/mol. The van der Waals surface area contributed by atoms with Crippen molar-refractivity contribution in [2.45, 2.75) is 33.4 Å². The maximum Gasteiger partial charge on any atom is 0.161 e. The van der Waals surface area contributed by atoms with Gasteiger partial charge in [-0.2, -0.15) is 0 Å². The summed E-state index contributed by atoms with van der Waals surface area (Å²) in [4.78, 5) is 0. The zero-order valence-corrected chi connectivity index (χ0v) is 16.7. The third kappa shape index (κ3) is 7.65. The second kappa shape index (κ2) is 12.6. The van der Waals surface area contributed by atoms with Gasteiger partial charge >= 0.3 is 0 Å². The Balaban J connectivity index is 0.00000338. The van der Waals surface area contributed by atoms with Gasteiger partial charge in [-0.3, -0.25) is 0 Å². The van der Waals surface area contributed by atoms with Crippen LogP contribution in [0.3, 0.4) is 0 Å². The Morgan fingerprint density at radius 1 is 0.962 bits per heavy atom. The van der Waals surface area contributed by atoms with Crippen LogP contribution in [0.5, 0.6) is 11.5 Å². The van der Waals surface area contributed by atoms with Gasteiger partial charge in [-0.05, 0) is 50.1 Å². The Kier molecular flexibility index (Phi) is 10.8. The fourth-order valence-corrected chi connectivity index (χ4v) is 2.46. The molecule has 0 aliphatic heterocycles. The third-order valence-electron chi connectivity index (χ3n) is 3.92. The highest BCUT2D eigenvalue weighted by Gasteiger charge is 2.06. The Morgan fingerprint density at radius 2 is 1.69 bits per heavy atom. The van der Waals surface area contributed by atoms with Crippen LogP contribution in [0.4, 0.5) is 0 Å². The number of rotatable bonds is 11. The maximum atomic E-state index is 5.92. The number of benzene rings is 2. The van der Waals surface area contributed by atoms with E-state index in [0.29, 0.717) is 6.61 Å². The van der Waals surface area contributed by atoms with Crippen LogP contribution in [0, 0.1) is 6.92 Å². The van der Waals surface area contributed by atoms with E-state index >= 15 is 0 Å². The average molecular weight is 380 g/mol. The summed E-state index contributed by atoms with van der Waals surface area (Å²) >= 11 is 0. The lowest BCUT2D eigenvalue weighted by Crippen LogP contribution is -2.16. The molecule has 4 nitrogen and oxygen atoms in total. The summed E-state index contributed by atoms with van der Waals surface area (Å²) in [7, 11) is 1.67. The van der Waals surface area contributed by atoms with Gasteiger partial charge in [-0.15, -0.1) is 12.4 Å². The fraction of sp³-hybridized carbons (Fsp3) is 0.429. The Bertz CT molecular complexity index is 632. The predicted molar refractivity (Wildman–Crippen MR) is 109 cm³/mol. The van der Waals surface area contributed by atoms with Crippen molar-refractivity contribution in [1.82, 2.24) is 5.32 Å². The predicted octanol–water partition coefficient (Wildman–Crippen LogP) is 4.52. The van der Waals surface area contributed by atoms with Crippen molar-refractivity contribution in [1.29, 1.82) is 0 Å². The minimum atomic E-state index is 0. The quantitative estimate of drug-likeness (QED) is 0.582. The van der Waals surface area contributed by atoms with E-state index < -0.39 is 0 Å². The minimum absolute atomic E-state index is 0. The van der Waals surface area contributed by atoms with Crippen LogP contribution < -0.4 is 14.8 Å². The highest BCUT2D eigenvalue weighted by molar-refractivity contribution is 5.85. The fourth-order valence-electron chi connectivity index (χ4n) is 2.46. The van der Waals surface area contributed by atoms with E-state index in [1.54, 1.807) is 7.11 Å². The van der Waals surface area contributed by atoms with Gasteiger partial charge in [0.25, 0.3) is 0 Å². The van der Waals surface area contributed by atoms with E-state index in [9.17, 15) is 0 Å². The van der Waals surface area contributed by atoms with E-state index in [2.05, 4.69) is 42.6 Å². The van der Waals surface area contributed by atoms with Crippen LogP contribution in [0.2, 0.25) is 0 Å². The molecule has 2 aromatic rings. The molecule has 5 heteroatoms. The second-order valence-electron chi connectivity index (χ2n) is 5.99. The Hall–Kier alpha value is -1.75. The summed E-state index contributed by atoms with van der Waals surface area (Å²) in [6.07, 6.45) is 1.02. The molecule has 26 heavy (non-hydrogen) atoms. The molecule has 0 atom stereocenters. The molecule has 1 N–H and O–H groups in total. The van der Waals surface area contributed by atoms with Gasteiger partial charge < -0.3 is 19.5 Å². The zero-order chi connectivity index (χ0) is 17.9. The van der Waals surface area contributed by atoms with Crippen molar-refractivity contribution in [3.8, 4) is 11.5 Å². The lowest BCUT2D eigenvalue weighted by atomic mass is 10.1. The molecule has 144 valence electrons. The molecule has 0 amide bonds. The molecule has 0 saturated heterocycles. The summed E-state index contributed by atoms with van der Waals surface area (Å²) in [5.41, 5.74) is 3.57. The largest absolute Gasteiger partial charge is 0.493 e. The van der Waals surface area contributed by atoms with Gasteiger partial charge in [0.15, 0.2) is 11.5 Å². The molecule has 0 aliphatic rings. The number of hydrogen-bond donors (Lipinski definition) is 1. The second-order valence-corrected chi connectivity index (χ2v) is 5.99. The normalized spacial score (nSPS) is 10.3. The molecule has 2 aromatic carbocycles. The third-order valence-corrected chi connectivity index (χ3v) is 3.92. The molecule has 0 fully saturated rings. The molecule has 0 aliphatic carbocycles. The molecule has 0 heterocycles. The van der Waals surface area contributed by atoms with Gasteiger partial charge in [0, 0.05) is 19.8 Å². The maximum absolute atomic E-state index is 5.92. The zero-order valence-electron chi connectivity index (χ0n) is 15.9. The monoisotopic (exact) mass is 379 g/mol. The van der Waals surface area contributed by atoms with Crippen molar-refractivity contribution >= 4 is 12.4 Å². The average Bonchev–Trinajstić information content (AvgIpc) is 2.64. The summed E-state index contributed by atoms with van der Waals surface area (Å²) < 4.78 is 16.7. The molecule has 0 radical (unpaired) electrons. The van der Waals surface area contributed by atoms with Crippen LogP contribution in [0.15, 0.2) is 42.5 Å². The van der Waals surface area contributed by atoms with E-state index in [1.165, 1.54) is 11.1 Å². The number of nitrogens with one attached hydrogen (secondary N) is 1. The molecule has 0 saturated carbocycles. The van der Waals surface area contributed by atoms with Crippen molar-refractivity contribution in [2.24, 2.45) is 0 Å². The highest BCUT2D eigenvalue weighted by Crippen LogP contribution is 2.28. The first-order chi connectivity index (χ1) is 12.2. The molecule has 0 unspecified atom stereocenters. The van der Waals surface area contributed by atoms with Crippen LogP contribution in [-0.2, 0) is 17.9 Å². The van der Waals surface area contributed by atoms with Crippen LogP contribution in [0.1, 0.15) is 30.0 Å². The SMILES string of the molecule is CCOCCCNCc1ccc(OCc2ccc(C)cc2)c(OC)c1.Cl. The van der Waals surface area contributed by atoms with Crippen molar-refractivity contribution in [2.75, 3.05) is 26.9 Å². The Labute approximate surface area is 163 Å². The molecule has 2 rings (SSSR count). The summed E-state index contributed by atoms with van der Waals surface area (Å²) in [5.74, 6) is 1.53. The number of ether oxygens (including phenoxy) is 3. The lowest BCUT2D eigenvalue weighted by Gasteiger charge is -2.13. The number of methoxy groups -OCH3 is 1. The summed E-state index contributed by atoms with van der Waals surface area (Å²) in [6, 6.07) is 14.4. The number of hydrogen-bond acceptors (Lipinski definition) is 4. The number of aryl methyl sites for hydroxylation is 1. The number of halogens is 1. The first-order valence-electron chi connectivity index (χ1n) is 8.86. The van der Waals surface area contributed by atoms with Crippen LogP contribution in [-0.4, -0.2) is 26.9 Å². The minimum Gasteiger partial charge on any atom is -0.493 e. The standard InChI is InChI=1S/C21H29NO3.ClH/c1-4-24-13-5-12-22-15-19-10-11-20(21(14-19)23-3)25-16-18-8-6-17(2)7-9-18;/h6-11,14,22H,4-5,12-13,15-16H2,1-3H3;1H. The summed E-state index contributed by atoms with van der Waals surface area (Å²) in [6.45, 7) is 7.96. The molecule has 0 spiro atoms. The topological polar surface area (TPSA) is 39.7 Å². The molecule has 0 bridgehead atoms. The van der Waals surface area contributed by atoms with Crippen LogP contribution >= 0.6 is 12.4 Å². The van der Waals surface area contributed by atoms with Gasteiger partial charge in [-0.25, -0.2) is 0 Å². The van der Waals surface area contributed by atoms with Gasteiger partial charge in [0.05, 0.1) is 7.11 Å². The van der Waals surface area contributed by atoms with Crippen LogP contribution in [0.25, 0.3) is 0 Å².